The van der Waals surface area contributed by atoms with Gasteiger partial charge in [-0.1, -0.05) is 0 Å². The van der Waals surface area contributed by atoms with Crippen molar-refractivity contribution in [3.63, 3.8) is 0 Å². The highest BCUT2D eigenvalue weighted by atomic mass is 16.5. The number of rotatable bonds is 4. The predicted octanol–water partition coefficient (Wildman–Crippen LogP) is 0.396. The first-order valence-corrected chi connectivity index (χ1v) is 6.84. The number of imidazole rings is 1. The molecule has 0 bridgehead atoms. The summed E-state index contributed by atoms with van der Waals surface area (Å²) in [4.78, 5) is 18.5. The summed E-state index contributed by atoms with van der Waals surface area (Å²) in [5.74, 6) is -0.0474. The first kappa shape index (κ1) is 13.1. The molecule has 6 nitrogen and oxygen atoms in total. The van der Waals surface area contributed by atoms with E-state index in [2.05, 4.69) is 15.2 Å². The minimum atomic E-state index is -0.0474. The number of amides is 1. The summed E-state index contributed by atoms with van der Waals surface area (Å²) >= 11 is 0. The molecule has 0 spiro atoms. The molecule has 0 saturated carbocycles. The molecular weight excluding hydrogens is 256 g/mol. The fourth-order valence-corrected chi connectivity index (χ4v) is 2.31. The lowest BCUT2D eigenvalue weighted by Crippen LogP contribution is -2.41. The van der Waals surface area contributed by atoms with Gasteiger partial charge in [0.2, 0.25) is 0 Å². The summed E-state index contributed by atoms with van der Waals surface area (Å²) in [7, 11) is 0. The lowest BCUT2D eigenvalue weighted by molar-refractivity contribution is 0.0383. The van der Waals surface area contributed by atoms with Crippen molar-refractivity contribution in [2.75, 3.05) is 39.4 Å². The van der Waals surface area contributed by atoms with Crippen molar-refractivity contribution in [1.29, 1.82) is 0 Å². The van der Waals surface area contributed by atoms with E-state index in [4.69, 9.17) is 4.74 Å². The van der Waals surface area contributed by atoms with E-state index >= 15 is 0 Å². The molecule has 1 aliphatic heterocycles. The van der Waals surface area contributed by atoms with Gasteiger partial charge < -0.3 is 14.5 Å². The zero-order valence-corrected chi connectivity index (χ0v) is 11.3. The summed E-state index contributed by atoms with van der Waals surface area (Å²) in [5, 5.41) is 2.95. The van der Waals surface area contributed by atoms with Gasteiger partial charge in [-0.15, -0.1) is 0 Å². The lowest BCUT2D eigenvalue weighted by Gasteiger charge is -2.26. The monoisotopic (exact) mass is 274 g/mol. The number of pyridine rings is 1. The zero-order valence-electron chi connectivity index (χ0n) is 11.3. The molecular formula is C14H18N4O2. The van der Waals surface area contributed by atoms with Crippen LogP contribution < -0.4 is 5.32 Å². The van der Waals surface area contributed by atoms with Crippen LogP contribution in [0.15, 0.2) is 30.7 Å². The fraction of sp³-hybridized carbons (Fsp3) is 0.429. The van der Waals surface area contributed by atoms with Crippen LogP contribution in [-0.2, 0) is 4.74 Å². The molecule has 0 unspecified atom stereocenters. The number of morpholine rings is 1. The van der Waals surface area contributed by atoms with E-state index in [0.717, 1.165) is 38.5 Å². The number of aromatic nitrogens is 2. The number of carbonyl (C=O) groups excluding carboxylic acids is 1. The maximum Gasteiger partial charge on any atom is 0.252 e. The Balaban J connectivity index is 1.53. The molecule has 106 valence electrons. The topological polar surface area (TPSA) is 58.9 Å². The van der Waals surface area contributed by atoms with Crippen LogP contribution in [0.25, 0.3) is 5.65 Å². The van der Waals surface area contributed by atoms with Crippen LogP contribution >= 0.6 is 0 Å². The molecule has 0 radical (unpaired) electrons. The van der Waals surface area contributed by atoms with Crippen molar-refractivity contribution in [3.8, 4) is 0 Å². The highest BCUT2D eigenvalue weighted by Crippen LogP contribution is 2.04. The summed E-state index contributed by atoms with van der Waals surface area (Å²) in [5.41, 5.74) is 1.49. The third-order valence-electron chi connectivity index (χ3n) is 3.47. The maximum atomic E-state index is 12.1. The SMILES string of the molecule is O=C(NCCN1CCOCC1)c1ccc2nccn2c1. The maximum absolute atomic E-state index is 12.1. The van der Waals surface area contributed by atoms with Gasteiger partial charge in [-0.05, 0) is 12.1 Å². The van der Waals surface area contributed by atoms with Gasteiger partial charge in [0.15, 0.2) is 0 Å². The quantitative estimate of drug-likeness (QED) is 0.876. The molecule has 3 rings (SSSR count). The molecule has 2 aromatic rings. The third-order valence-corrected chi connectivity index (χ3v) is 3.47. The minimum Gasteiger partial charge on any atom is -0.379 e. The Morgan fingerprint density at radius 2 is 2.20 bits per heavy atom. The number of fused-ring (bicyclic) bond motifs is 1. The standard InChI is InChI=1S/C14H18N4O2/c19-14(16-3-5-17-7-9-20-10-8-17)12-1-2-13-15-4-6-18(13)11-12/h1-2,4,6,11H,3,5,7-10H2,(H,16,19). The Morgan fingerprint density at radius 1 is 1.35 bits per heavy atom. The predicted molar refractivity (Wildman–Crippen MR) is 74.8 cm³/mol. The Morgan fingerprint density at radius 3 is 3.05 bits per heavy atom. The molecule has 1 fully saturated rings. The Hall–Kier alpha value is -1.92. The molecule has 1 N–H and O–H groups in total. The first-order chi connectivity index (χ1) is 9.83. The van der Waals surface area contributed by atoms with Gasteiger partial charge in [0, 0.05) is 44.8 Å². The number of nitrogens with one attached hydrogen (secondary N) is 1. The zero-order chi connectivity index (χ0) is 13.8. The average Bonchev–Trinajstić information content (AvgIpc) is 2.95. The normalized spacial score (nSPS) is 16.4. The Bertz CT molecular complexity index is 590. The minimum absolute atomic E-state index is 0.0474. The third kappa shape index (κ3) is 2.97. The number of hydrogen-bond acceptors (Lipinski definition) is 4. The fourth-order valence-electron chi connectivity index (χ4n) is 2.31. The van der Waals surface area contributed by atoms with Gasteiger partial charge in [0.05, 0.1) is 18.8 Å². The number of nitrogens with zero attached hydrogens (tertiary/aromatic N) is 3. The van der Waals surface area contributed by atoms with Gasteiger partial charge >= 0.3 is 0 Å². The molecule has 0 aliphatic carbocycles. The van der Waals surface area contributed by atoms with Gasteiger partial charge in [-0.3, -0.25) is 9.69 Å². The average molecular weight is 274 g/mol. The van der Waals surface area contributed by atoms with Gasteiger partial charge in [-0.25, -0.2) is 4.98 Å². The van der Waals surface area contributed by atoms with Crippen LogP contribution in [-0.4, -0.2) is 59.6 Å². The van der Waals surface area contributed by atoms with Crippen molar-refractivity contribution in [1.82, 2.24) is 19.6 Å². The molecule has 1 saturated heterocycles. The molecule has 0 aromatic carbocycles. The molecule has 20 heavy (non-hydrogen) atoms. The second-order valence-electron chi connectivity index (χ2n) is 4.82. The van der Waals surface area contributed by atoms with Crippen molar-refractivity contribution >= 4 is 11.6 Å². The largest absolute Gasteiger partial charge is 0.379 e. The highest BCUT2D eigenvalue weighted by Gasteiger charge is 2.11. The molecule has 1 aliphatic rings. The van der Waals surface area contributed by atoms with Gasteiger partial charge in [-0.2, -0.15) is 0 Å². The van der Waals surface area contributed by atoms with Crippen LogP contribution in [0, 0.1) is 0 Å². The summed E-state index contributed by atoms with van der Waals surface area (Å²) in [6.07, 6.45) is 5.35. The van der Waals surface area contributed by atoms with Crippen molar-refractivity contribution in [2.45, 2.75) is 0 Å². The van der Waals surface area contributed by atoms with E-state index in [1.165, 1.54) is 0 Å². The summed E-state index contributed by atoms with van der Waals surface area (Å²) in [6.45, 7) is 4.97. The van der Waals surface area contributed by atoms with Gasteiger partial charge in [0.25, 0.3) is 5.91 Å². The number of hydrogen-bond donors (Lipinski definition) is 1. The number of ether oxygens (including phenoxy) is 1. The second-order valence-corrected chi connectivity index (χ2v) is 4.82. The van der Waals surface area contributed by atoms with E-state index in [1.807, 2.05) is 16.7 Å². The summed E-state index contributed by atoms with van der Waals surface area (Å²) in [6, 6.07) is 3.64. The van der Waals surface area contributed by atoms with Crippen molar-refractivity contribution < 1.29 is 9.53 Å². The van der Waals surface area contributed by atoms with Crippen LogP contribution in [0.1, 0.15) is 10.4 Å². The van der Waals surface area contributed by atoms with E-state index < -0.39 is 0 Å². The molecule has 3 heterocycles. The molecule has 2 aromatic heterocycles. The van der Waals surface area contributed by atoms with E-state index in [9.17, 15) is 4.79 Å². The smallest absolute Gasteiger partial charge is 0.252 e. The van der Waals surface area contributed by atoms with Gasteiger partial charge in [0.1, 0.15) is 5.65 Å². The highest BCUT2D eigenvalue weighted by molar-refractivity contribution is 5.94. The van der Waals surface area contributed by atoms with Crippen LogP contribution in [0.2, 0.25) is 0 Å². The molecule has 0 atom stereocenters. The van der Waals surface area contributed by atoms with Crippen molar-refractivity contribution in [3.05, 3.63) is 36.3 Å². The van der Waals surface area contributed by atoms with Crippen LogP contribution in [0.3, 0.4) is 0 Å². The van der Waals surface area contributed by atoms with E-state index in [1.54, 1.807) is 18.5 Å². The van der Waals surface area contributed by atoms with Crippen LogP contribution in [0.4, 0.5) is 0 Å². The second kappa shape index (κ2) is 6.02. The van der Waals surface area contributed by atoms with Crippen molar-refractivity contribution in [2.24, 2.45) is 0 Å². The Labute approximate surface area is 117 Å². The number of carbonyl (C=O) groups is 1. The molecule has 1 amide bonds. The van der Waals surface area contributed by atoms with Crippen LogP contribution in [0.5, 0.6) is 0 Å². The molecule has 6 heteroatoms. The summed E-state index contributed by atoms with van der Waals surface area (Å²) < 4.78 is 7.14. The Kier molecular flexibility index (Phi) is 3.94. The van der Waals surface area contributed by atoms with E-state index in [0.29, 0.717) is 12.1 Å². The van der Waals surface area contributed by atoms with E-state index in [-0.39, 0.29) is 5.91 Å². The lowest BCUT2D eigenvalue weighted by atomic mass is 10.2. The first-order valence-electron chi connectivity index (χ1n) is 6.84.